The fourth-order valence-electron chi connectivity index (χ4n) is 1.87. The number of rotatable bonds is 4. The highest BCUT2D eigenvalue weighted by Crippen LogP contribution is 2.37. The predicted octanol–water partition coefficient (Wildman–Crippen LogP) is 3.10. The number of aromatic nitrogens is 2. The highest BCUT2D eigenvalue weighted by Gasteiger charge is 2.37. The van der Waals surface area contributed by atoms with E-state index in [1.807, 2.05) is 0 Å². The molecule has 1 aliphatic carbocycles. The Kier molecular flexibility index (Phi) is 3.22. The average molecular weight is 245 g/mol. The third-order valence-electron chi connectivity index (χ3n) is 2.84. The largest absolute Gasteiger partial charge is 0.433 e. The first-order valence-electron chi connectivity index (χ1n) is 5.67. The molecule has 6 heteroatoms. The van der Waals surface area contributed by atoms with Gasteiger partial charge in [-0.05, 0) is 24.8 Å². The molecule has 1 aromatic heterocycles. The maximum absolute atomic E-state index is 12.4. The summed E-state index contributed by atoms with van der Waals surface area (Å²) in [5, 5.41) is 2.94. The van der Waals surface area contributed by atoms with Crippen molar-refractivity contribution in [3.8, 4) is 0 Å². The molecular weight excluding hydrogens is 231 g/mol. The van der Waals surface area contributed by atoms with Crippen LogP contribution in [-0.4, -0.2) is 16.0 Å². The Bertz CT molecular complexity index is 392. The van der Waals surface area contributed by atoms with E-state index < -0.39 is 11.9 Å². The monoisotopic (exact) mass is 245 g/mol. The smallest absolute Gasteiger partial charge is 0.351 e. The molecule has 2 rings (SSSR count). The molecule has 1 heterocycles. The van der Waals surface area contributed by atoms with Crippen molar-refractivity contribution < 1.29 is 13.2 Å². The van der Waals surface area contributed by atoms with Crippen LogP contribution >= 0.6 is 0 Å². The number of alkyl halides is 3. The maximum atomic E-state index is 12.4. The summed E-state index contributed by atoms with van der Waals surface area (Å²) in [4.78, 5) is 7.28. The Morgan fingerprint density at radius 1 is 1.47 bits per heavy atom. The first kappa shape index (κ1) is 12.1. The van der Waals surface area contributed by atoms with Gasteiger partial charge in [0, 0.05) is 12.2 Å². The Balaban J connectivity index is 1.98. The molecule has 0 bridgehead atoms. The minimum atomic E-state index is -4.41. The first-order chi connectivity index (χ1) is 8.00. The number of halogens is 3. The summed E-state index contributed by atoms with van der Waals surface area (Å²) < 4.78 is 37.2. The van der Waals surface area contributed by atoms with Gasteiger partial charge in [0.05, 0.1) is 0 Å². The zero-order valence-corrected chi connectivity index (χ0v) is 9.46. The molecular formula is C11H14F3N3. The molecule has 0 aromatic carbocycles. The van der Waals surface area contributed by atoms with Gasteiger partial charge in [0.15, 0.2) is 0 Å². The van der Waals surface area contributed by atoms with Crippen molar-refractivity contribution in [3.63, 3.8) is 0 Å². The average Bonchev–Trinajstić information content (AvgIpc) is 2.96. The number of nitrogens with one attached hydrogen (secondary N) is 1. The van der Waals surface area contributed by atoms with Gasteiger partial charge in [0.25, 0.3) is 0 Å². The van der Waals surface area contributed by atoms with E-state index >= 15 is 0 Å². The van der Waals surface area contributed by atoms with E-state index in [9.17, 15) is 13.2 Å². The molecule has 3 nitrogen and oxygen atoms in total. The molecule has 94 valence electrons. The lowest BCUT2D eigenvalue weighted by molar-refractivity contribution is -0.141. The third kappa shape index (κ3) is 3.08. The molecule has 17 heavy (non-hydrogen) atoms. The molecule has 1 aliphatic rings. The fourth-order valence-corrected chi connectivity index (χ4v) is 1.87. The minimum absolute atomic E-state index is 0.0726. The van der Waals surface area contributed by atoms with Crippen LogP contribution in [0.1, 0.15) is 31.9 Å². The lowest BCUT2D eigenvalue weighted by Gasteiger charge is -2.08. The van der Waals surface area contributed by atoms with E-state index in [1.165, 1.54) is 0 Å². The van der Waals surface area contributed by atoms with E-state index in [0.29, 0.717) is 5.92 Å². The number of hydrogen-bond acceptors (Lipinski definition) is 3. The van der Waals surface area contributed by atoms with E-state index in [1.54, 1.807) is 0 Å². The zero-order chi connectivity index (χ0) is 12.5. The van der Waals surface area contributed by atoms with Gasteiger partial charge in [-0.15, -0.1) is 0 Å². The molecule has 1 aromatic rings. The van der Waals surface area contributed by atoms with Gasteiger partial charge in [0.2, 0.25) is 5.95 Å². The normalized spacial score (nSPS) is 23.5. The molecule has 2 atom stereocenters. The van der Waals surface area contributed by atoms with Crippen LogP contribution in [-0.2, 0) is 6.18 Å². The van der Waals surface area contributed by atoms with Gasteiger partial charge in [-0.2, -0.15) is 13.2 Å². The van der Waals surface area contributed by atoms with Crippen molar-refractivity contribution in [2.24, 2.45) is 5.92 Å². The summed E-state index contributed by atoms with van der Waals surface area (Å²) in [6.07, 6.45) is -0.0997. The lowest BCUT2D eigenvalue weighted by atomic mass is 10.2. The fraction of sp³-hybridized carbons (Fsp3) is 0.636. The van der Waals surface area contributed by atoms with Crippen molar-refractivity contribution in [3.05, 3.63) is 18.0 Å². The minimum Gasteiger partial charge on any atom is -0.351 e. The van der Waals surface area contributed by atoms with Crippen molar-refractivity contribution >= 4 is 5.95 Å². The van der Waals surface area contributed by atoms with Gasteiger partial charge in [-0.3, -0.25) is 0 Å². The van der Waals surface area contributed by atoms with E-state index in [2.05, 4.69) is 22.2 Å². The van der Waals surface area contributed by atoms with Crippen LogP contribution in [0.5, 0.6) is 0 Å². The second-order valence-corrected chi connectivity index (χ2v) is 4.30. The molecule has 1 fully saturated rings. The molecule has 1 saturated carbocycles. The van der Waals surface area contributed by atoms with Crippen LogP contribution in [0.3, 0.4) is 0 Å². The van der Waals surface area contributed by atoms with Gasteiger partial charge in [-0.25, -0.2) is 9.97 Å². The van der Waals surface area contributed by atoms with E-state index in [0.717, 1.165) is 31.5 Å². The van der Waals surface area contributed by atoms with Crippen molar-refractivity contribution in [2.75, 3.05) is 5.32 Å². The lowest BCUT2D eigenvalue weighted by Crippen LogP contribution is -2.13. The first-order valence-corrected chi connectivity index (χ1v) is 5.67. The van der Waals surface area contributed by atoms with Crippen LogP contribution in [0, 0.1) is 5.92 Å². The van der Waals surface area contributed by atoms with Gasteiger partial charge in [-0.1, -0.05) is 13.3 Å². The standard InChI is InChI=1S/C11H14F3N3/c1-2-3-7-6-8(7)16-10-15-5-4-9(17-10)11(12,13)14/h4-5,7-8H,2-3,6H2,1H3,(H,15,16,17). The topological polar surface area (TPSA) is 37.8 Å². The summed E-state index contributed by atoms with van der Waals surface area (Å²) in [5.41, 5.74) is -0.900. The second-order valence-electron chi connectivity index (χ2n) is 4.30. The van der Waals surface area contributed by atoms with Gasteiger partial charge in [0.1, 0.15) is 5.69 Å². The molecule has 0 amide bonds. The van der Waals surface area contributed by atoms with Crippen molar-refractivity contribution in [1.82, 2.24) is 9.97 Å². The molecule has 0 saturated heterocycles. The molecule has 0 aliphatic heterocycles. The Hall–Kier alpha value is -1.33. The highest BCUT2D eigenvalue weighted by molar-refractivity contribution is 5.30. The number of anilines is 1. The van der Waals surface area contributed by atoms with Crippen molar-refractivity contribution in [2.45, 2.75) is 38.4 Å². The summed E-state index contributed by atoms with van der Waals surface area (Å²) in [7, 11) is 0. The maximum Gasteiger partial charge on any atom is 0.433 e. The predicted molar refractivity (Wildman–Crippen MR) is 57.5 cm³/mol. The summed E-state index contributed by atoms with van der Waals surface area (Å²) >= 11 is 0. The van der Waals surface area contributed by atoms with Crippen LogP contribution in [0.25, 0.3) is 0 Å². The summed E-state index contributed by atoms with van der Waals surface area (Å²) in [6.45, 7) is 2.09. The summed E-state index contributed by atoms with van der Waals surface area (Å²) in [5.74, 6) is 0.626. The Morgan fingerprint density at radius 3 is 2.88 bits per heavy atom. The molecule has 1 N–H and O–H groups in total. The number of hydrogen-bond donors (Lipinski definition) is 1. The van der Waals surface area contributed by atoms with Gasteiger partial charge < -0.3 is 5.32 Å². The quantitative estimate of drug-likeness (QED) is 0.885. The van der Waals surface area contributed by atoms with Crippen molar-refractivity contribution in [1.29, 1.82) is 0 Å². The Labute approximate surface area is 97.5 Å². The van der Waals surface area contributed by atoms with Crippen LogP contribution < -0.4 is 5.32 Å². The van der Waals surface area contributed by atoms with Crippen LogP contribution in [0.15, 0.2) is 12.3 Å². The molecule has 0 spiro atoms. The van der Waals surface area contributed by atoms with E-state index in [-0.39, 0.29) is 12.0 Å². The highest BCUT2D eigenvalue weighted by atomic mass is 19.4. The van der Waals surface area contributed by atoms with E-state index in [4.69, 9.17) is 0 Å². The van der Waals surface area contributed by atoms with Crippen LogP contribution in [0.2, 0.25) is 0 Å². The Morgan fingerprint density at radius 2 is 2.24 bits per heavy atom. The second kappa shape index (κ2) is 4.50. The summed E-state index contributed by atoms with van der Waals surface area (Å²) in [6, 6.07) is 1.11. The van der Waals surface area contributed by atoms with Crippen LogP contribution in [0.4, 0.5) is 19.1 Å². The number of nitrogens with zero attached hydrogens (tertiary/aromatic N) is 2. The van der Waals surface area contributed by atoms with Gasteiger partial charge >= 0.3 is 6.18 Å². The molecule has 0 radical (unpaired) electrons. The third-order valence-corrected chi connectivity index (χ3v) is 2.84. The molecule has 2 unspecified atom stereocenters. The SMILES string of the molecule is CCCC1CC1Nc1nccc(C(F)(F)F)n1. The zero-order valence-electron chi connectivity index (χ0n) is 9.46.